The summed E-state index contributed by atoms with van der Waals surface area (Å²) in [4.78, 5) is 0. The van der Waals surface area contributed by atoms with Gasteiger partial charge in [-0.05, 0) is 11.1 Å². The quantitative estimate of drug-likeness (QED) is 0.595. The molecule has 1 aromatic rings. The Morgan fingerprint density at radius 3 is 2.88 bits per heavy atom. The molecular weight excluding hydrogens is 224 g/mol. The Labute approximate surface area is 95.2 Å². The minimum Gasteiger partial charge on any atom is -0.265 e. The minimum absolute atomic E-state index is 0.00877. The summed E-state index contributed by atoms with van der Waals surface area (Å²) in [6.07, 6.45) is 4.86. The summed E-state index contributed by atoms with van der Waals surface area (Å²) in [5.74, 6) is 0. The van der Waals surface area contributed by atoms with E-state index in [1.54, 1.807) is 18.2 Å². The monoisotopic (exact) mass is 236 g/mol. The molecule has 4 heteroatoms. The lowest BCUT2D eigenvalue weighted by molar-refractivity contribution is 0.353. The molecule has 0 saturated heterocycles. The predicted molar refractivity (Wildman–Crippen MR) is 63.3 cm³/mol. The van der Waals surface area contributed by atoms with Crippen molar-refractivity contribution in [2.75, 3.05) is 6.61 Å². The highest BCUT2D eigenvalue weighted by molar-refractivity contribution is 7.87. The molecule has 0 aromatic heterocycles. The Kier molecular flexibility index (Phi) is 2.94. The van der Waals surface area contributed by atoms with Crippen LogP contribution in [-0.4, -0.2) is 15.0 Å². The molecule has 84 valence electrons. The summed E-state index contributed by atoms with van der Waals surface area (Å²) in [7, 11) is -3.59. The van der Waals surface area contributed by atoms with Crippen LogP contribution in [0.3, 0.4) is 0 Å². The third-order valence-electron chi connectivity index (χ3n) is 2.41. The molecular formula is C12H12O3S. The number of hydrogen-bond donors (Lipinski definition) is 0. The van der Waals surface area contributed by atoms with E-state index in [-0.39, 0.29) is 6.61 Å². The van der Waals surface area contributed by atoms with Crippen molar-refractivity contribution in [2.24, 2.45) is 0 Å². The molecule has 1 unspecified atom stereocenters. The van der Waals surface area contributed by atoms with Gasteiger partial charge in [-0.15, -0.1) is 6.58 Å². The maximum Gasteiger partial charge on any atom is 0.278 e. The number of benzene rings is 1. The summed E-state index contributed by atoms with van der Waals surface area (Å²) >= 11 is 0. The molecule has 16 heavy (non-hydrogen) atoms. The molecule has 1 aliphatic rings. The third-order valence-corrected chi connectivity index (χ3v) is 3.91. The second-order valence-corrected chi connectivity index (χ2v) is 5.20. The minimum atomic E-state index is -3.59. The highest BCUT2D eigenvalue weighted by Gasteiger charge is 2.30. The lowest BCUT2D eigenvalue weighted by Crippen LogP contribution is -2.13. The molecule has 1 atom stereocenters. The zero-order chi connectivity index (χ0) is 11.6. The largest absolute Gasteiger partial charge is 0.278 e. The van der Waals surface area contributed by atoms with E-state index in [4.69, 9.17) is 4.18 Å². The fourth-order valence-electron chi connectivity index (χ4n) is 1.68. The zero-order valence-corrected chi connectivity index (χ0v) is 9.48. The van der Waals surface area contributed by atoms with Crippen LogP contribution in [0.15, 0.2) is 43.0 Å². The van der Waals surface area contributed by atoms with Crippen molar-refractivity contribution in [3.63, 3.8) is 0 Å². The van der Waals surface area contributed by atoms with Gasteiger partial charge >= 0.3 is 0 Å². The third kappa shape index (κ3) is 1.94. The van der Waals surface area contributed by atoms with Gasteiger partial charge in [-0.3, -0.25) is 4.18 Å². The van der Waals surface area contributed by atoms with Crippen LogP contribution in [0, 0.1) is 0 Å². The SMILES string of the molecule is C=CCOS(=O)(=O)C1C=Cc2ccccc21. The van der Waals surface area contributed by atoms with Gasteiger partial charge in [0, 0.05) is 0 Å². The van der Waals surface area contributed by atoms with Gasteiger partial charge in [0.25, 0.3) is 10.1 Å². The molecule has 0 spiro atoms. The summed E-state index contributed by atoms with van der Waals surface area (Å²) in [5.41, 5.74) is 1.70. The molecule has 0 bridgehead atoms. The van der Waals surface area contributed by atoms with Gasteiger partial charge in [0.15, 0.2) is 0 Å². The molecule has 2 rings (SSSR count). The standard InChI is InChI=1S/C12H12O3S/c1-2-9-15-16(13,14)12-8-7-10-5-3-4-6-11(10)12/h2-8,12H,1,9H2. The van der Waals surface area contributed by atoms with E-state index < -0.39 is 15.4 Å². The van der Waals surface area contributed by atoms with Crippen molar-refractivity contribution in [3.05, 3.63) is 54.1 Å². The first-order chi connectivity index (χ1) is 7.65. The van der Waals surface area contributed by atoms with E-state index in [9.17, 15) is 8.42 Å². The van der Waals surface area contributed by atoms with E-state index in [2.05, 4.69) is 6.58 Å². The Balaban J connectivity index is 2.32. The summed E-state index contributed by atoms with van der Waals surface area (Å²) in [6, 6.07) is 7.38. The van der Waals surface area contributed by atoms with Crippen molar-refractivity contribution >= 4 is 16.2 Å². The summed E-state index contributed by atoms with van der Waals surface area (Å²) in [6.45, 7) is 3.44. The van der Waals surface area contributed by atoms with E-state index in [0.717, 1.165) is 11.1 Å². The fourth-order valence-corrected chi connectivity index (χ4v) is 2.91. The van der Waals surface area contributed by atoms with E-state index in [1.165, 1.54) is 6.08 Å². The summed E-state index contributed by atoms with van der Waals surface area (Å²) in [5, 5.41) is -0.691. The van der Waals surface area contributed by atoms with Gasteiger partial charge in [0.2, 0.25) is 0 Å². The van der Waals surface area contributed by atoms with Gasteiger partial charge in [-0.2, -0.15) is 8.42 Å². The average Bonchev–Trinajstić information content (AvgIpc) is 2.71. The average molecular weight is 236 g/mol. The smallest absolute Gasteiger partial charge is 0.265 e. The highest BCUT2D eigenvalue weighted by Crippen LogP contribution is 2.34. The maximum atomic E-state index is 11.8. The van der Waals surface area contributed by atoms with Crippen LogP contribution in [0.4, 0.5) is 0 Å². The van der Waals surface area contributed by atoms with Crippen LogP contribution in [0.2, 0.25) is 0 Å². The van der Waals surface area contributed by atoms with Crippen LogP contribution in [0.5, 0.6) is 0 Å². The van der Waals surface area contributed by atoms with Crippen LogP contribution in [0.25, 0.3) is 6.08 Å². The molecule has 0 saturated carbocycles. The molecule has 0 fully saturated rings. The normalized spacial score (nSPS) is 18.4. The van der Waals surface area contributed by atoms with Crippen molar-refractivity contribution in [1.82, 2.24) is 0 Å². The second-order valence-electron chi connectivity index (χ2n) is 3.47. The Bertz CT molecular complexity index is 529. The van der Waals surface area contributed by atoms with Crippen LogP contribution < -0.4 is 0 Å². The Morgan fingerprint density at radius 2 is 2.12 bits per heavy atom. The Morgan fingerprint density at radius 1 is 1.38 bits per heavy atom. The van der Waals surface area contributed by atoms with Gasteiger partial charge in [0.1, 0.15) is 5.25 Å². The van der Waals surface area contributed by atoms with Crippen molar-refractivity contribution in [2.45, 2.75) is 5.25 Å². The van der Waals surface area contributed by atoms with Gasteiger partial charge in [-0.1, -0.05) is 42.5 Å². The molecule has 0 aliphatic heterocycles. The van der Waals surface area contributed by atoms with Crippen molar-refractivity contribution in [3.8, 4) is 0 Å². The van der Waals surface area contributed by atoms with Crippen molar-refractivity contribution < 1.29 is 12.6 Å². The van der Waals surface area contributed by atoms with Crippen LogP contribution >= 0.6 is 0 Å². The number of rotatable bonds is 4. The van der Waals surface area contributed by atoms with Crippen LogP contribution in [-0.2, 0) is 14.3 Å². The first-order valence-corrected chi connectivity index (χ1v) is 6.38. The maximum absolute atomic E-state index is 11.8. The molecule has 0 radical (unpaired) electrons. The van der Waals surface area contributed by atoms with Gasteiger partial charge in [0.05, 0.1) is 6.61 Å². The second kappa shape index (κ2) is 4.23. The molecule has 0 N–H and O–H groups in total. The zero-order valence-electron chi connectivity index (χ0n) is 8.67. The molecule has 0 heterocycles. The molecule has 1 aromatic carbocycles. The lowest BCUT2D eigenvalue weighted by Gasteiger charge is -2.11. The molecule has 0 amide bonds. The topological polar surface area (TPSA) is 43.4 Å². The fraction of sp³-hybridized carbons (Fsp3) is 0.167. The van der Waals surface area contributed by atoms with Crippen LogP contribution in [0.1, 0.15) is 16.4 Å². The summed E-state index contributed by atoms with van der Waals surface area (Å²) < 4.78 is 28.5. The molecule has 1 aliphatic carbocycles. The highest BCUT2D eigenvalue weighted by atomic mass is 32.2. The van der Waals surface area contributed by atoms with Gasteiger partial charge in [-0.25, -0.2) is 0 Å². The predicted octanol–water partition coefficient (Wildman–Crippen LogP) is 2.29. The Hall–Kier alpha value is -1.39. The van der Waals surface area contributed by atoms with Crippen molar-refractivity contribution in [1.29, 1.82) is 0 Å². The van der Waals surface area contributed by atoms with E-state index >= 15 is 0 Å². The lowest BCUT2D eigenvalue weighted by atomic mass is 10.1. The van der Waals surface area contributed by atoms with E-state index in [0.29, 0.717) is 0 Å². The molecule has 3 nitrogen and oxygen atoms in total. The first-order valence-electron chi connectivity index (χ1n) is 4.91. The van der Waals surface area contributed by atoms with E-state index in [1.807, 2.05) is 18.2 Å². The number of hydrogen-bond acceptors (Lipinski definition) is 3. The van der Waals surface area contributed by atoms with Gasteiger partial charge < -0.3 is 0 Å². The number of fused-ring (bicyclic) bond motifs is 1. The first kappa shape index (κ1) is 11.1.